The van der Waals surface area contributed by atoms with Crippen LogP contribution >= 0.6 is 0 Å². The first kappa shape index (κ1) is 21.2. The number of nitrogens with two attached hydrogens (primary N) is 1. The van der Waals surface area contributed by atoms with Gasteiger partial charge in [-0.2, -0.15) is 0 Å². The highest BCUT2D eigenvalue weighted by Gasteiger charge is 2.45. The molecule has 1 heterocycles. The molecule has 2 aromatic carbocycles. The van der Waals surface area contributed by atoms with Crippen molar-refractivity contribution in [3.8, 4) is 11.5 Å². The Hall–Kier alpha value is -2.50. The van der Waals surface area contributed by atoms with Crippen LogP contribution in [0.5, 0.6) is 11.5 Å². The normalized spacial score (nSPS) is 20.9. The first-order chi connectivity index (χ1) is 13.6. The predicted octanol–water partition coefficient (Wildman–Crippen LogP) is 0.639. The van der Waals surface area contributed by atoms with Crippen molar-refractivity contribution in [3.05, 3.63) is 42.5 Å². The van der Waals surface area contributed by atoms with Crippen LogP contribution in [0.1, 0.15) is 0 Å². The maximum atomic E-state index is 13.6. The fourth-order valence-corrected chi connectivity index (χ4v) is 6.94. The molecule has 2 atom stereocenters. The van der Waals surface area contributed by atoms with E-state index in [1.807, 2.05) is 0 Å². The maximum Gasteiger partial charge on any atom is 0.268 e. The van der Waals surface area contributed by atoms with Crippen LogP contribution in [-0.4, -0.2) is 59.8 Å². The molecule has 0 unspecified atom stereocenters. The van der Waals surface area contributed by atoms with Crippen molar-refractivity contribution in [3.63, 3.8) is 0 Å². The Morgan fingerprint density at radius 1 is 1.07 bits per heavy atom. The number of aliphatic hydroxyl groups excluding tert-OH is 1. The van der Waals surface area contributed by atoms with Gasteiger partial charge in [0.2, 0.25) is 0 Å². The molecule has 0 amide bonds. The second kappa shape index (κ2) is 7.73. The Bertz CT molecular complexity index is 1100. The average Bonchev–Trinajstić information content (AvgIpc) is 2.94. The van der Waals surface area contributed by atoms with Gasteiger partial charge in [0.1, 0.15) is 16.4 Å². The molecule has 9 nitrogen and oxygen atoms in total. The molecule has 158 valence electrons. The molecule has 1 aliphatic rings. The highest BCUT2D eigenvalue weighted by molar-refractivity contribution is 7.93. The second-order valence-electron chi connectivity index (χ2n) is 6.62. The van der Waals surface area contributed by atoms with Gasteiger partial charge in [-0.1, -0.05) is 0 Å². The smallest absolute Gasteiger partial charge is 0.268 e. The van der Waals surface area contributed by atoms with Crippen LogP contribution < -0.4 is 19.5 Å². The molecule has 0 aliphatic carbocycles. The average molecular weight is 443 g/mol. The molecule has 1 saturated heterocycles. The lowest BCUT2D eigenvalue weighted by molar-refractivity contribution is 0.184. The Labute approximate surface area is 169 Å². The van der Waals surface area contributed by atoms with E-state index in [4.69, 9.17) is 15.2 Å². The maximum absolute atomic E-state index is 13.6. The first-order valence-corrected chi connectivity index (χ1v) is 11.9. The second-order valence-corrected chi connectivity index (χ2v) is 10.6. The fourth-order valence-electron chi connectivity index (χ4n) is 3.26. The van der Waals surface area contributed by atoms with Gasteiger partial charge < -0.3 is 20.3 Å². The SMILES string of the molecule is COc1ccc(S(=O)(=O)N(c2ccc(N)cc2)[C@H]2CS(=O)(=O)C[C@H]2O)c(OC)c1. The van der Waals surface area contributed by atoms with Crippen LogP contribution in [-0.2, 0) is 19.9 Å². The Morgan fingerprint density at radius 2 is 1.72 bits per heavy atom. The molecule has 0 spiro atoms. The minimum atomic E-state index is -4.31. The van der Waals surface area contributed by atoms with Gasteiger partial charge in [0.25, 0.3) is 10.0 Å². The molecule has 11 heteroatoms. The molecule has 0 radical (unpaired) electrons. The van der Waals surface area contributed by atoms with E-state index in [-0.39, 0.29) is 16.3 Å². The van der Waals surface area contributed by atoms with Crippen molar-refractivity contribution in [1.82, 2.24) is 0 Å². The summed E-state index contributed by atoms with van der Waals surface area (Å²) in [6.07, 6.45) is -1.38. The van der Waals surface area contributed by atoms with Crippen LogP contribution in [0, 0.1) is 0 Å². The summed E-state index contributed by atoms with van der Waals surface area (Å²) in [5, 5.41) is 10.4. The molecule has 1 aliphatic heterocycles. The van der Waals surface area contributed by atoms with Gasteiger partial charge in [-0.3, -0.25) is 4.31 Å². The standard InChI is InChI=1S/C18H22N2O7S2/c1-26-14-7-8-18(17(9-14)27-2)29(24,25)20(13-5-3-12(19)4-6-13)15-10-28(22,23)11-16(15)21/h3-9,15-16,21H,10-11,19H2,1-2H3/t15-,16+/m0/s1. The number of anilines is 2. The molecule has 2 aromatic rings. The van der Waals surface area contributed by atoms with Crippen LogP contribution in [0.4, 0.5) is 11.4 Å². The molecular formula is C18H22N2O7S2. The van der Waals surface area contributed by atoms with E-state index in [0.717, 1.165) is 4.31 Å². The lowest BCUT2D eigenvalue weighted by Crippen LogP contribution is -2.47. The van der Waals surface area contributed by atoms with E-state index in [0.29, 0.717) is 11.4 Å². The number of aliphatic hydroxyl groups is 1. The van der Waals surface area contributed by atoms with Crippen molar-refractivity contribution in [2.24, 2.45) is 0 Å². The van der Waals surface area contributed by atoms with Crippen molar-refractivity contribution in [2.75, 3.05) is 35.8 Å². The van der Waals surface area contributed by atoms with Gasteiger partial charge in [0.05, 0.1) is 43.6 Å². The summed E-state index contributed by atoms with van der Waals surface area (Å²) in [4.78, 5) is -0.186. The number of sulfonamides is 1. The third-order valence-corrected chi connectivity index (χ3v) is 8.24. The minimum absolute atomic E-state index is 0.0279. The summed E-state index contributed by atoms with van der Waals surface area (Å²) in [6, 6.07) is 8.90. The van der Waals surface area contributed by atoms with Gasteiger partial charge in [-0.15, -0.1) is 0 Å². The van der Waals surface area contributed by atoms with Gasteiger partial charge in [0.15, 0.2) is 9.84 Å². The van der Waals surface area contributed by atoms with E-state index in [1.165, 1.54) is 56.7 Å². The zero-order chi connectivity index (χ0) is 21.4. The number of hydrogen-bond acceptors (Lipinski definition) is 8. The van der Waals surface area contributed by atoms with E-state index in [1.54, 1.807) is 0 Å². The Kier molecular flexibility index (Phi) is 5.65. The molecule has 0 saturated carbocycles. The van der Waals surface area contributed by atoms with Crippen LogP contribution in [0.2, 0.25) is 0 Å². The van der Waals surface area contributed by atoms with E-state index in [9.17, 15) is 21.9 Å². The number of methoxy groups -OCH3 is 2. The van der Waals surface area contributed by atoms with E-state index >= 15 is 0 Å². The number of nitrogens with zero attached hydrogens (tertiary/aromatic N) is 1. The number of benzene rings is 2. The Morgan fingerprint density at radius 3 is 2.24 bits per heavy atom. The van der Waals surface area contributed by atoms with E-state index in [2.05, 4.69) is 0 Å². The molecule has 1 fully saturated rings. The monoisotopic (exact) mass is 442 g/mol. The third kappa shape index (κ3) is 4.11. The number of rotatable bonds is 6. The van der Waals surface area contributed by atoms with E-state index < -0.39 is 43.5 Å². The number of ether oxygens (including phenoxy) is 2. The highest BCUT2D eigenvalue weighted by Crippen LogP contribution is 2.36. The van der Waals surface area contributed by atoms with Crippen LogP contribution in [0.3, 0.4) is 0 Å². The summed E-state index contributed by atoms with van der Waals surface area (Å²) in [5.41, 5.74) is 6.29. The number of nitrogen functional groups attached to an aromatic ring is 1. The third-order valence-electron chi connectivity index (χ3n) is 4.65. The lowest BCUT2D eigenvalue weighted by atomic mass is 10.2. The van der Waals surface area contributed by atoms with Crippen molar-refractivity contribution in [1.29, 1.82) is 0 Å². The molecule has 3 rings (SSSR count). The zero-order valence-corrected chi connectivity index (χ0v) is 17.5. The summed E-state index contributed by atoms with van der Waals surface area (Å²) in [6.45, 7) is 0. The minimum Gasteiger partial charge on any atom is -0.497 e. The summed E-state index contributed by atoms with van der Waals surface area (Å²) in [5.74, 6) is -0.599. The molecule has 3 N–H and O–H groups in total. The van der Waals surface area contributed by atoms with Gasteiger partial charge in [-0.25, -0.2) is 16.8 Å². The fraction of sp³-hybridized carbons (Fsp3) is 0.333. The van der Waals surface area contributed by atoms with Gasteiger partial charge in [-0.05, 0) is 36.4 Å². The Balaban J connectivity index is 2.19. The molecule has 0 aromatic heterocycles. The van der Waals surface area contributed by atoms with Crippen molar-refractivity contribution in [2.45, 2.75) is 17.0 Å². The quantitative estimate of drug-likeness (QED) is 0.622. The van der Waals surface area contributed by atoms with Gasteiger partial charge >= 0.3 is 0 Å². The van der Waals surface area contributed by atoms with Crippen LogP contribution in [0.25, 0.3) is 0 Å². The summed E-state index contributed by atoms with van der Waals surface area (Å²) >= 11 is 0. The zero-order valence-electron chi connectivity index (χ0n) is 15.8. The lowest BCUT2D eigenvalue weighted by Gasteiger charge is -2.32. The summed E-state index contributed by atoms with van der Waals surface area (Å²) in [7, 11) is -5.17. The molecule has 0 bridgehead atoms. The molecule has 29 heavy (non-hydrogen) atoms. The highest BCUT2D eigenvalue weighted by atomic mass is 32.2. The van der Waals surface area contributed by atoms with Crippen molar-refractivity contribution < 1.29 is 31.4 Å². The van der Waals surface area contributed by atoms with Crippen molar-refractivity contribution >= 4 is 31.2 Å². The number of sulfone groups is 1. The van der Waals surface area contributed by atoms with Crippen LogP contribution in [0.15, 0.2) is 47.4 Å². The van der Waals surface area contributed by atoms with Gasteiger partial charge in [0, 0.05) is 11.8 Å². The predicted molar refractivity (Wildman–Crippen MR) is 109 cm³/mol. The molecular weight excluding hydrogens is 420 g/mol. The topological polar surface area (TPSA) is 136 Å². The first-order valence-electron chi connectivity index (χ1n) is 8.59. The summed E-state index contributed by atoms with van der Waals surface area (Å²) < 4.78 is 62.6. The number of hydrogen-bond donors (Lipinski definition) is 2. The largest absolute Gasteiger partial charge is 0.497 e.